The quantitative estimate of drug-likeness (QED) is 0.361. The molecule has 0 radical (unpaired) electrons. The van der Waals surface area contributed by atoms with E-state index in [1.54, 1.807) is 25.1 Å². The van der Waals surface area contributed by atoms with Gasteiger partial charge in [0, 0.05) is 17.3 Å². The fourth-order valence-electron chi connectivity index (χ4n) is 4.42. The molecule has 0 spiro atoms. The highest BCUT2D eigenvalue weighted by Gasteiger charge is 2.28. The zero-order valence-electron chi connectivity index (χ0n) is 22.6. The van der Waals surface area contributed by atoms with Gasteiger partial charge < -0.3 is 9.47 Å². The summed E-state index contributed by atoms with van der Waals surface area (Å²) in [6, 6.07) is 11.8. The maximum Gasteiger partial charge on any atom is 0.281 e. The van der Waals surface area contributed by atoms with Crippen LogP contribution in [0.15, 0.2) is 53.6 Å². The second-order valence-electron chi connectivity index (χ2n) is 10.4. The van der Waals surface area contributed by atoms with Crippen molar-refractivity contribution in [2.75, 3.05) is 6.61 Å². The highest BCUT2D eigenvalue weighted by molar-refractivity contribution is 7.90. The number of amides is 1. The first kappa shape index (κ1) is 28.5. The molecule has 2 unspecified atom stereocenters. The SMILES string of the molecule is Cc1cccc(S(=O)(=O)NC(=O)c2ccc(-c3cc(F)cc(OCC(C)C)c3)nc2OC2CCCCC2C)n1. The predicted octanol–water partition coefficient (Wildman–Crippen LogP) is 5.70. The predicted molar refractivity (Wildman–Crippen MR) is 146 cm³/mol. The van der Waals surface area contributed by atoms with E-state index in [1.165, 1.54) is 30.3 Å². The number of nitrogens with one attached hydrogen (secondary N) is 1. The number of aryl methyl sites for hydroxylation is 1. The molecule has 1 aromatic carbocycles. The van der Waals surface area contributed by atoms with Crippen molar-refractivity contribution >= 4 is 15.9 Å². The van der Waals surface area contributed by atoms with Gasteiger partial charge in [0.15, 0.2) is 5.03 Å². The Bertz CT molecular complexity index is 1440. The summed E-state index contributed by atoms with van der Waals surface area (Å²) in [7, 11) is -4.24. The van der Waals surface area contributed by atoms with Crippen molar-refractivity contribution in [2.24, 2.45) is 11.8 Å². The number of carbonyl (C=O) groups excluding carboxylic acids is 1. The van der Waals surface area contributed by atoms with Crippen LogP contribution in [0.3, 0.4) is 0 Å². The minimum atomic E-state index is -4.24. The number of rotatable bonds is 9. The number of halogens is 1. The fraction of sp³-hybridized carbons (Fsp3) is 0.414. The van der Waals surface area contributed by atoms with E-state index in [1.807, 2.05) is 13.8 Å². The lowest BCUT2D eigenvalue weighted by Gasteiger charge is -2.29. The Morgan fingerprint density at radius 3 is 2.59 bits per heavy atom. The first-order chi connectivity index (χ1) is 18.5. The molecule has 8 nitrogen and oxygen atoms in total. The minimum Gasteiger partial charge on any atom is -0.493 e. The number of sulfonamides is 1. The van der Waals surface area contributed by atoms with Crippen LogP contribution in [0.5, 0.6) is 11.6 Å². The number of nitrogens with zero attached hydrogens (tertiary/aromatic N) is 2. The summed E-state index contributed by atoms with van der Waals surface area (Å²) in [5, 5.41) is -0.266. The number of benzene rings is 1. The Balaban J connectivity index is 1.69. The van der Waals surface area contributed by atoms with E-state index < -0.39 is 21.7 Å². The molecule has 10 heteroatoms. The van der Waals surface area contributed by atoms with Crippen molar-refractivity contribution in [2.45, 2.75) is 64.5 Å². The molecule has 1 aliphatic carbocycles. The average molecular weight is 556 g/mol. The number of pyridine rings is 2. The molecule has 0 aliphatic heterocycles. The number of aromatic nitrogens is 2. The minimum absolute atomic E-state index is 0.00920. The molecule has 2 aromatic heterocycles. The topological polar surface area (TPSA) is 107 Å². The van der Waals surface area contributed by atoms with Crippen LogP contribution in [0.2, 0.25) is 0 Å². The highest BCUT2D eigenvalue weighted by atomic mass is 32.2. The smallest absolute Gasteiger partial charge is 0.281 e. The molecule has 1 fully saturated rings. The summed E-state index contributed by atoms with van der Waals surface area (Å²) in [6.07, 6.45) is 3.63. The largest absolute Gasteiger partial charge is 0.493 e. The van der Waals surface area contributed by atoms with E-state index in [0.717, 1.165) is 25.7 Å². The molecule has 4 rings (SSSR count). The van der Waals surface area contributed by atoms with Gasteiger partial charge in [0.05, 0.1) is 12.3 Å². The van der Waals surface area contributed by atoms with Crippen molar-refractivity contribution in [3.63, 3.8) is 0 Å². The summed E-state index contributed by atoms with van der Waals surface area (Å²) in [6.45, 7) is 8.15. The van der Waals surface area contributed by atoms with E-state index in [9.17, 15) is 17.6 Å². The Morgan fingerprint density at radius 1 is 1.10 bits per heavy atom. The van der Waals surface area contributed by atoms with E-state index in [-0.39, 0.29) is 34.4 Å². The van der Waals surface area contributed by atoms with Gasteiger partial charge in [0.25, 0.3) is 15.9 Å². The highest BCUT2D eigenvalue weighted by Crippen LogP contribution is 2.32. The van der Waals surface area contributed by atoms with Crippen molar-refractivity contribution in [3.05, 3.63) is 65.6 Å². The lowest BCUT2D eigenvalue weighted by Crippen LogP contribution is -2.33. The van der Waals surface area contributed by atoms with Crippen LogP contribution >= 0.6 is 0 Å². The van der Waals surface area contributed by atoms with Crippen LogP contribution in [-0.2, 0) is 10.0 Å². The molecule has 208 valence electrons. The second-order valence-corrected chi connectivity index (χ2v) is 12.0. The molecular formula is C29H34FN3O5S. The third-order valence-electron chi connectivity index (χ3n) is 6.52. The average Bonchev–Trinajstić information content (AvgIpc) is 2.88. The lowest BCUT2D eigenvalue weighted by atomic mass is 9.88. The Kier molecular flexibility index (Phi) is 8.84. The molecule has 0 bridgehead atoms. The Labute approximate surface area is 229 Å². The molecule has 39 heavy (non-hydrogen) atoms. The van der Waals surface area contributed by atoms with E-state index >= 15 is 0 Å². The van der Waals surface area contributed by atoms with E-state index in [0.29, 0.717) is 29.3 Å². The maximum atomic E-state index is 14.5. The molecule has 1 saturated carbocycles. The Hall–Kier alpha value is -3.53. The van der Waals surface area contributed by atoms with Gasteiger partial charge in [-0.3, -0.25) is 4.79 Å². The van der Waals surface area contributed by atoms with Crippen LogP contribution < -0.4 is 14.2 Å². The monoisotopic (exact) mass is 555 g/mol. The number of carbonyl (C=O) groups is 1. The zero-order chi connectivity index (χ0) is 28.2. The molecule has 2 atom stereocenters. The summed E-state index contributed by atoms with van der Waals surface area (Å²) < 4.78 is 54.3. The van der Waals surface area contributed by atoms with Crippen molar-refractivity contribution in [3.8, 4) is 22.9 Å². The normalized spacial score (nSPS) is 17.6. The van der Waals surface area contributed by atoms with Gasteiger partial charge in [-0.2, -0.15) is 8.42 Å². The summed E-state index contributed by atoms with van der Waals surface area (Å²) >= 11 is 0. The summed E-state index contributed by atoms with van der Waals surface area (Å²) in [5.74, 6) is -0.541. The van der Waals surface area contributed by atoms with Crippen LogP contribution in [0.1, 0.15) is 62.5 Å². The molecular weight excluding hydrogens is 521 g/mol. The Morgan fingerprint density at radius 2 is 1.87 bits per heavy atom. The third-order valence-corrected chi connectivity index (χ3v) is 7.75. The van der Waals surface area contributed by atoms with Gasteiger partial charge in [0.2, 0.25) is 5.88 Å². The molecule has 1 aliphatic rings. The van der Waals surface area contributed by atoms with Crippen LogP contribution in [-0.4, -0.2) is 37.0 Å². The van der Waals surface area contributed by atoms with Crippen molar-refractivity contribution in [1.29, 1.82) is 0 Å². The van der Waals surface area contributed by atoms with Gasteiger partial charge in [-0.15, -0.1) is 0 Å². The maximum absolute atomic E-state index is 14.5. The summed E-state index contributed by atoms with van der Waals surface area (Å²) in [4.78, 5) is 21.8. The van der Waals surface area contributed by atoms with Crippen LogP contribution in [0.25, 0.3) is 11.3 Å². The van der Waals surface area contributed by atoms with Gasteiger partial charge in [-0.1, -0.05) is 33.3 Å². The van der Waals surface area contributed by atoms with Crippen LogP contribution in [0.4, 0.5) is 4.39 Å². The standard InChI is InChI=1S/C29H34FN3O5S/c1-18(2)17-37-23-15-21(14-22(30)16-23)25-13-12-24(29(32-25)38-26-10-6-5-8-19(26)3)28(34)33-39(35,36)27-11-7-9-20(4)31-27/h7,9,11-16,18-19,26H,5-6,8,10,17H2,1-4H3,(H,33,34). The molecule has 2 heterocycles. The number of hydrogen-bond donors (Lipinski definition) is 1. The van der Waals surface area contributed by atoms with Crippen molar-refractivity contribution in [1.82, 2.24) is 14.7 Å². The van der Waals surface area contributed by atoms with Gasteiger partial charge in [0.1, 0.15) is 23.2 Å². The fourth-order valence-corrected chi connectivity index (χ4v) is 5.40. The van der Waals surface area contributed by atoms with Crippen molar-refractivity contribution < 1.29 is 27.1 Å². The first-order valence-electron chi connectivity index (χ1n) is 13.1. The first-order valence-corrected chi connectivity index (χ1v) is 14.6. The summed E-state index contributed by atoms with van der Waals surface area (Å²) in [5.41, 5.74) is 1.26. The third kappa shape index (κ3) is 7.32. The number of ether oxygens (including phenoxy) is 2. The molecule has 3 aromatic rings. The van der Waals surface area contributed by atoms with Gasteiger partial charge in [-0.25, -0.2) is 19.1 Å². The second kappa shape index (κ2) is 12.1. The van der Waals surface area contributed by atoms with E-state index in [2.05, 4.69) is 21.6 Å². The molecule has 1 N–H and O–H groups in total. The lowest BCUT2D eigenvalue weighted by molar-refractivity contribution is 0.0897. The molecule has 1 amide bonds. The zero-order valence-corrected chi connectivity index (χ0v) is 23.4. The van der Waals surface area contributed by atoms with Crippen LogP contribution in [0, 0.1) is 24.6 Å². The van der Waals surface area contributed by atoms with Gasteiger partial charge >= 0.3 is 0 Å². The molecule has 0 saturated heterocycles. The van der Waals surface area contributed by atoms with E-state index in [4.69, 9.17) is 9.47 Å². The van der Waals surface area contributed by atoms with Gasteiger partial charge in [-0.05, 0) is 74.4 Å². The number of hydrogen-bond acceptors (Lipinski definition) is 7.